The third kappa shape index (κ3) is 2.46. The van der Waals surface area contributed by atoms with Gasteiger partial charge in [0.25, 0.3) is 0 Å². The number of carbonyl (C=O) groups is 1. The summed E-state index contributed by atoms with van der Waals surface area (Å²) >= 11 is 10.7. The van der Waals surface area contributed by atoms with Crippen LogP contribution in [-0.2, 0) is 12.6 Å². The zero-order chi connectivity index (χ0) is 12.4. The average molecular weight is 263 g/mol. The number of hydrogen-bond acceptors (Lipinski definition) is 3. The molecule has 86 valence electrons. The zero-order valence-corrected chi connectivity index (χ0v) is 10.7. The van der Waals surface area contributed by atoms with Gasteiger partial charge in [-0.2, -0.15) is 0 Å². The molecule has 2 rings (SSSR count). The Morgan fingerprint density at radius 2 is 1.88 bits per heavy atom. The topological polar surface area (TPSA) is 30.0 Å². The second kappa shape index (κ2) is 4.82. The average Bonchev–Trinajstić information content (AvgIpc) is 2.30. The highest BCUT2D eigenvalue weighted by molar-refractivity contribution is 7.77. The first-order chi connectivity index (χ1) is 8.09. The minimum atomic E-state index is -0.426. The fourth-order valence-electron chi connectivity index (χ4n) is 1.60. The SMILES string of the molecule is Cc1ccc(-c2c(C(=O)[S-])ccnc2Cl)cc1. The lowest BCUT2D eigenvalue weighted by atomic mass is 10.0. The van der Waals surface area contributed by atoms with Gasteiger partial charge in [-0.3, -0.25) is 0 Å². The van der Waals surface area contributed by atoms with Crippen LogP contribution in [-0.4, -0.2) is 10.1 Å². The first-order valence-electron chi connectivity index (χ1n) is 5.02. The molecule has 0 fully saturated rings. The Morgan fingerprint density at radius 1 is 1.24 bits per heavy atom. The van der Waals surface area contributed by atoms with E-state index in [4.69, 9.17) is 24.2 Å². The van der Waals surface area contributed by atoms with Crippen LogP contribution in [0.1, 0.15) is 15.9 Å². The smallest absolute Gasteiger partial charge is 0.137 e. The van der Waals surface area contributed by atoms with Gasteiger partial charge in [-0.15, -0.1) is 0 Å². The monoisotopic (exact) mass is 262 g/mol. The molecule has 0 saturated heterocycles. The van der Waals surface area contributed by atoms with Gasteiger partial charge >= 0.3 is 0 Å². The summed E-state index contributed by atoms with van der Waals surface area (Å²) in [5.74, 6) is 0. The molecule has 0 amide bonds. The van der Waals surface area contributed by atoms with Crippen LogP contribution in [0.5, 0.6) is 0 Å². The van der Waals surface area contributed by atoms with E-state index in [0.29, 0.717) is 16.3 Å². The summed E-state index contributed by atoms with van der Waals surface area (Å²) in [4.78, 5) is 15.4. The van der Waals surface area contributed by atoms with Crippen LogP contribution in [0.4, 0.5) is 0 Å². The summed E-state index contributed by atoms with van der Waals surface area (Å²) in [5, 5.41) is -0.130. The van der Waals surface area contributed by atoms with Crippen molar-refractivity contribution in [3.63, 3.8) is 0 Å². The predicted molar refractivity (Wildman–Crippen MR) is 71.1 cm³/mol. The number of hydrogen-bond donors (Lipinski definition) is 0. The van der Waals surface area contributed by atoms with Gasteiger partial charge in [0, 0.05) is 22.4 Å². The molecule has 0 bridgehead atoms. The summed E-state index contributed by atoms with van der Waals surface area (Å²) in [6, 6.07) is 9.31. The summed E-state index contributed by atoms with van der Waals surface area (Å²) in [5.41, 5.74) is 3.01. The van der Waals surface area contributed by atoms with Crippen LogP contribution in [0, 0.1) is 6.92 Å². The van der Waals surface area contributed by atoms with Crippen LogP contribution < -0.4 is 0 Å². The zero-order valence-electron chi connectivity index (χ0n) is 9.11. The molecule has 0 spiro atoms. The molecule has 0 saturated carbocycles. The van der Waals surface area contributed by atoms with Gasteiger partial charge in [-0.1, -0.05) is 41.4 Å². The van der Waals surface area contributed by atoms with Gasteiger partial charge in [0.2, 0.25) is 0 Å². The fourth-order valence-corrected chi connectivity index (χ4v) is 2.04. The number of benzene rings is 1. The Morgan fingerprint density at radius 3 is 2.47 bits per heavy atom. The Labute approximate surface area is 110 Å². The van der Waals surface area contributed by atoms with Crippen LogP contribution in [0.3, 0.4) is 0 Å². The van der Waals surface area contributed by atoms with E-state index in [1.54, 1.807) is 6.07 Å². The Hall–Kier alpha value is -1.45. The molecule has 1 heterocycles. The minimum Gasteiger partial charge on any atom is -0.737 e. The van der Waals surface area contributed by atoms with Gasteiger partial charge in [0.15, 0.2) is 0 Å². The molecular weight excluding hydrogens is 254 g/mol. The maximum Gasteiger partial charge on any atom is 0.137 e. The number of aromatic nitrogens is 1. The molecule has 0 radical (unpaired) electrons. The molecule has 0 N–H and O–H groups in total. The third-order valence-electron chi connectivity index (χ3n) is 2.46. The van der Waals surface area contributed by atoms with Crippen molar-refractivity contribution in [3.05, 3.63) is 52.8 Å². The molecule has 2 aromatic rings. The lowest BCUT2D eigenvalue weighted by molar-refractivity contribution is 0.109. The second-order valence-electron chi connectivity index (χ2n) is 3.68. The van der Waals surface area contributed by atoms with Crippen molar-refractivity contribution >= 4 is 29.3 Å². The van der Waals surface area contributed by atoms with E-state index in [9.17, 15) is 4.79 Å². The molecular formula is C13H9ClNOS-. The number of halogens is 1. The maximum atomic E-state index is 11.4. The number of aryl methyl sites for hydroxylation is 1. The van der Waals surface area contributed by atoms with E-state index in [-0.39, 0.29) is 0 Å². The number of carbonyl (C=O) groups excluding carboxylic acids is 1. The van der Waals surface area contributed by atoms with E-state index in [0.717, 1.165) is 11.1 Å². The number of pyridine rings is 1. The van der Waals surface area contributed by atoms with E-state index in [1.807, 2.05) is 31.2 Å². The van der Waals surface area contributed by atoms with E-state index >= 15 is 0 Å². The van der Waals surface area contributed by atoms with Crippen LogP contribution in [0.15, 0.2) is 36.5 Å². The van der Waals surface area contributed by atoms with Crippen molar-refractivity contribution in [2.24, 2.45) is 0 Å². The van der Waals surface area contributed by atoms with Crippen molar-refractivity contribution < 1.29 is 4.79 Å². The molecule has 1 aromatic heterocycles. The minimum absolute atomic E-state index is 0.296. The summed E-state index contributed by atoms with van der Waals surface area (Å²) < 4.78 is 0. The van der Waals surface area contributed by atoms with E-state index < -0.39 is 5.12 Å². The van der Waals surface area contributed by atoms with Gasteiger partial charge in [-0.25, -0.2) is 4.98 Å². The van der Waals surface area contributed by atoms with Crippen molar-refractivity contribution in [2.45, 2.75) is 6.92 Å². The van der Waals surface area contributed by atoms with Crippen molar-refractivity contribution in [3.8, 4) is 11.1 Å². The Bertz CT molecular complexity index is 566. The summed E-state index contributed by atoms with van der Waals surface area (Å²) in [6.07, 6.45) is 1.49. The summed E-state index contributed by atoms with van der Waals surface area (Å²) in [6.45, 7) is 1.99. The second-order valence-corrected chi connectivity index (χ2v) is 4.41. The van der Waals surface area contributed by atoms with E-state index in [1.165, 1.54) is 6.20 Å². The highest BCUT2D eigenvalue weighted by Crippen LogP contribution is 2.30. The fraction of sp³-hybridized carbons (Fsp3) is 0.0769. The predicted octanol–water partition coefficient (Wildman–Crippen LogP) is 3.40. The van der Waals surface area contributed by atoms with Gasteiger partial charge < -0.3 is 17.4 Å². The Kier molecular flexibility index (Phi) is 3.41. The molecule has 17 heavy (non-hydrogen) atoms. The van der Waals surface area contributed by atoms with Gasteiger partial charge in [0.1, 0.15) is 5.15 Å². The van der Waals surface area contributed by atoms with Gasteiger partial charge in [-0.05, 0) is 18.6 Å². The first-order valence-corrected chi connectivity index (χ1v) is 5.81. The lowest BCUT2D eigenvalue weighted by Crippen LogP contribution is -1.99. The summed E-state index contributed by atoms with van der Waals surface area (Å²) in [7, 11) is 0. The highest BCUT2D eigenvalue weighted by atomic mass is 35.5. The van der Waals surface area contributed by atoms with E-state index in [2.05, 4.69) is 4.98 Å². The maximum absolute atomic E-state index is 11.4. The first kappa shape index (κ1) is 12.0. The highest BCUT2D eigenvalue weighted by Gasteiger charge is 2.10. The largest absolute Gasteiger partial charge is 0.737 e. The van der Waals surface area contributed by atoms with Gasteiger partial charge in [0.05, 0.1) is 0 Å². The lowest BCUT2D eigenvalue weighted by Gasteiger charge is -2.12. The van der Waals surface area contributed by atoms with Crippen LogP contribution in [0.25, 0.3) is 11.1 Å². The molecule has 0 atom stereocenters. The Balaban J connectivity index is 2.65. The number of nitrogens with zero attached hydrogens (tertiary/aromatic N) is 1. The third-order valence-corrected chi connectivity index (χ3v) is 2.97. The standard InChI is InChI=1S/C13H10ClNOS/c1-8-2-4-9(5-3-8)11-10(13(16)17)6-7-15-12(11)14/h2-7H,1H3,(H,16,17)/p-1. The van der Waals surface area contributed by atoms with Crippen LogP contribution >= 0.6 is 11.6 Å². The number of rotatable bonds is 2. The molecule has 4 heteroatoms. The molecule has 0 aliphatic carbocycles. The quantitative estimate of drug-likeness (QED) is 0.614. The molecule has 1 aromatic carbocycles. The van der Waals surface area contributed by atoms with Crippen LogP contribution in [0.2, 0.25) is 5.15 Å². The van der Waals surface area contributed by atoms with Crippen molar-refractivity contribution in [1.29, 1.82) is 0 Å². The molecule has 0 unspecified atom stereocenters. The molecule has 0 aliphatic heterocycles. The molecule has 0 aliphatic rings. The van der Waals surface area contributed by atoms with Crippen molar-refractivity contribution in [1.82, 2.24) is 4.98 Å². The normalized spacial score (nSPS) is 10.2. The molecule has 2 nitrogen and oxygen atoms in total. The van der Waals surface area contributed by atoms with Crippen molar-refractivity contribution in [2.75, 3.05) is 0 Å².